The first-order chi connectivity index (χ1) is 9.16. The van der Waals surface area contributed by atoms with E-state index >= 15 is 0 Å². The van der Waals surface area contributed by atoms with Gasteiger partial charge in [-0.1, -0.05) is 52.3 Å². The Labute approximate surface area is 123 Å². The van der Waals surface area contributed by atoms with Crippen molar-refractivity contribution in [1.82, 2.24) is 0 Å². The standard InChI is InChI=1S/C17H18BrN/c1-11-7-8-13(18)9-14(11)17(19)16-10-15(16)12-5-3-2-4-6-12/h2-9,15-17H,10,19H2,1H3. The van der Waals surface area contributed by atoms with Crippen LogP contribution in [0.2, 0.25) is 0 Å². The van der Waals surface area contributed by atoms with Crippen LogP contribution in [-0.4, -0.2) is 0 Å². The fourth-order valence-corrected chi connectivity index (χ4v) is 3.27. The van der Waals surface area contributed by atoms with Crippen LogP contribution in [0.25, 0.3) is 0 Å². The molecule has 1 saturated carbocycles. The molecule has 0 spiro atoms. The molecule has 0 aromatic heterocycles. The summed E-state index contributed by atoms with van der Waals surface area (Å²) >= 11 is 3.54. The third-order valence-corrected chi connectivity index (χ3v) is 4.62. The van der Waals surface area contributed by atoms with Crippen LogP contribution in [0.15, 0.2) is 53.0 Å². The predicted molar refractivity (Wildman–Crippen MR) is 83.1 cm³/mol. The van der Waals surface area contributed by atoms with Gasteiger partial charge in [-0.3, -0.25) is 0 Å². The van der Waals surface area contributed by atoms with Crippen molar-refractivity contribution in [3.8, 4) is 0 Å². The molecule has 2 aromatic rings. The molecular formula is C17H18BrN. The van der Waals surface area contributed by atoms with Gasteiger partial charge in [-0.15, -0.1) is 0 Å². The van der Waals surface area contributed by atoms with E-state index in [4.69, 9.17) is 5.73 Å². The van der Waals surface area contributed by atoms with Crippen LogP contribution >= 0.6 is 15.9 Å². The Hall–Kier alpha value is -1.12. The molecule has 1 aliphatic rings. The first-order valence-electron chi connectivity index (χ1n) is 6.73. The minimum Gasteiger partial charge on any atom is -0.324 e. The molecule has 0 bridgehead atoms. The molecule has 3 unspecified atom stereocenters. The van der Waals surface area contributed by atoms with Crippen LogP contribution in [0.4, 0.5) is 0 Å². The number of hydrogen-bond donors (Lipinski definition) is 1. The minimum atomic E-state index is 0.141. The SMILES string of the molecule is Cc1ccc(Br)cc1C(N)C1CC1c1ccccc1. The van der Waals surface area contributed by atoms with Crippen molar-refractivity contribution < 1.29 is 0 Å². The van der Waals surface area contributed by atoms with Crippen LogP contribution in [0, 0.1) is 12.8 Å². The Morgan fingerprint density at radius 1 is 1.16 bits per heavy atom. The minimum absolute atomic E-state index is 0.141. The Morgan fingerprint density at radius 2 is 1.89 bits per heavy atom. The van der Waals surface area contributed by atoms with Crippen molar-refractivity contribution in [3.63, 3.8) is 0 Å². The number of halogens is 1. The van der Waals surface area contributed by atoms with E-state index in [2.05, 4.69) is 71.4 Å². The highest BCUT2D eigenvalue weighted by Crippen LogP contribution is 2.53. The van der Waals surface area contributed by atoms with Gasteiger partial charge >= 0.3 is 0 Å². The van der Waals surface area contributed by atoms with E-state index in [1.54, 1.807) is 0 Å². The summed E-state index contributed by atoms with van der Waals surface area (Å²) in [5.41, 5.74) is 10.5. The molecule has 0 radical (unpaired) electrons. The lowest BCUT2D eigenvalue weighted by atomic mass is 9.96. The average Bonchev–Trinajstić information content (AvgIpc) is 3.22. The number of nitrogens with two attached hydrogens (primary N) is 1. The zero-order chi connectivity index (χ0) is 13.4. The average molecular weight is 316 g/mol. The van der Waals surface area contributed by atoms with Crippen LogP contribution in [0.5, 0.6) is 0 Å². The second-order valence-electron chi connectivity index (χ2n) is 5.44. The first kappa shape index (κ1) is 12.9. The fraction of sp³-hybridized carbons (Fsp3) is 0.294. The topological polar surface area (TPSA) is 26.0 Å². The van der Waals surface area contributed by atoms with Gasteiger partial charge in [0.15, 0.2) is 0 Å². The van der Waals surface area contributed by atoms with Gasteiger partial charge in [0.2, 0.25) is 0 Å². The first-order valence-corrected chi connectivity index (χ1v) is 7.52. The van der Waals surface area contributed by atoms with Crippen molar-refractivity contribution >= 4 is 15.9 Å². The van der Waals surface area contributed by atoms with Crippen LogP contribution in [0.3, 0.4) is 0 Å². The maximum Gasteiger partial charge on any atom is 0.0332 e. The molecule has 3 rings (SSSR count). The summed E-state index contributed by atoms with van der Waals surface area (Å²) in [6.45, 7) is 2.14. The maximum absolute atomic E-state index is 6.48. The van der Waals surface area contributed by atoms with E-state index in [0.29, 0.717) is 11.8 Å². The second kappa shape index (κ2) is 5.10. The summed E-state index contributed by atoms with van der Waals surface area (Å²) in [6.07, 6.45) is 1.21. The Bertz CT molecular complexity index is 579. The van der Waals surface area contributed by atoms with Crippen molar-refractivity contribution in [2.75, 3.05) is 0 Å². The van der Waals surface area contributed by atoms with Crippen molar-refractivity contribution in [2.45, 2.75) is 25.3 Å². The lowest BCUT2D eigenvalue weighted by Gasteiger charge is -2.15. The largest absolute Gasteiger partial charge is 0.324 e. The highest BCUT2D eigenvalue weighted by molar-refractivity contribution is 9.10. The van der Waals surface area contributed by atoms with Gasteiger partial charge in [0.25, 0.3) is 0 Å². The summed E-state index contributed by atoms with van der Waals surface area (Å²) < 4.78 is 1.11. The second-order valence-corrected chi connectivity index (χ2v) is 6.36. The molecule has 0 amide bonds. The molecule has 0 heterocycles. The van der Waals surface area contributed by atoms with Gasteiger partial charge in [-0.2, -0.15) is 0 Å². The lowest BCUT2D eigenvalue weighted by Crippen LogP contribution is -2.14. The summed E-state index contributed by atoms with van der Waals surface area (Å²) in [4.78, 5) is 0. The monoisotopic (exact) mass is 315 g/mol. The van der Waals surface area contributed by atoms with Gasteiger partial charge in [-0.05, 0) is 54.0 Å². The van der Waals surface area contributed by atoms with Crippen molar-refractivity contribution in [2.24, 2.45) is 11.7 Å². The molecule has 98 valence electrons. The number of benzene rings is 2. The fourth-order valence-electron chi connectivity index (χ4n) is 2.90. The third-order valence-electron chi connectivity index (χ3n) is 4.13. The van der Waals surface area contributed by atoms with Gasteiger partial charge in [0, 0.05) is 10.5 Å². The lowest BCUT2D eigenvalue weighted by molar-refractivity contribution is 0.612. The molecule has 1 nitrogen and oxygen atoms in total. The zero-order valence-corrected chi connectivity index (χ0v) is 12.6. The molecule has 0 saturated heterocycles. The summed E-state index contributed by atoms with van der Waals surface area (Å²) in [7, 11) is 0. The van der Waals surface area contributed by atoms with E-state index in [9.17, 15) is 0 Å². The van der Waals surface area contributed by atoms with Gasteiger partial charge < -0.3 is 5.73 Å². The van der Waals surface area contributed by atoms with E-state index in [0.717, 1.165) is 4.47 Å². The van der Waals surface area contributed by atoms with Crippen molar-refractivity contribution in [3.05, 3.63) is 69.7 Å². The quantitative estimate of drug-likeness (QED) is 0.882. The summed E-state index contributed by atoms with van der Waals surface area (Å²) in [5, 5.41) is 0. The van der Waals surface area contributed by atoms with E-state index in [1.165, 1.54) is 23.1 Å². The normalized spacial score (nSPS) is 23.1. The van der Waals surface area contributed by atoms with Crippen LogP contribution < -0.4 is 5.73 Å². The summed E-state index contributed by atoms with van der Waals surface area (Å²) in [6, 6.07) is 17.2. The molecule has 3 atom stereocenters. The predicted octanol–water partition coefficient (Wildman–Crippen LogP) is 4.56. The van der Waals surface area contributed by atoms with Crippen molar-refractivity contribution in [1.29, 1.82) is 0 Å². The van der Waals surface area contributed by atoms with Gasteiger partial charge in [0.05, 0.1) is 0 Å². The number of aryl methyl sites for hydroxylation is 1. The van der Waals surface area contributed by atoms with E-state index in [-0.39, 0.29) is 6.04 Å². The highest BCUT2D eigenvalue weighted by atomic mass is 79.9. The Kier molecular flexibility index (Phi) is 3.46. The molecule has 1 aliphatic carbocycles. The van der Waals surface area contributed by atoms with Crippen LogP contribution in [0.1, 0.15) is 35.1 Å². The molecule has 0 aliphatic heterocycles. The summed E-state index contributed by atoms with van der Waals surface area (Å²) in [5.74, 6) is 1.21. The smallest absolute Gasteiger partial charge is 0.0332 e. The third kappa shape index (κ3) is 2.60. The van der Waals surface area contributed by atoms with Gasteiger partial charge in [-0.25, -0.2) is 0 Å². The zero-order valence-electron chi connectivity index (χ0n) is 11.0. The Morgan fingerprint density at radius 3 is 2.63 bits per heavy atom. The van der Waals surface area contributed by atoms with E-state index in [1.807, 2.05) is 0 Å². The molecule has 2 heteroatoms. The maximum atomic E-state index is 6.48. The molecule has 1 fully saturated rings. The van der Waals surface area contributed by atoms with E-state index < -0.39 is 0 Å². The van der Waals surface area contributed by atoms with Gasteiger partial charge in [0.1, 0.15) is 0 Å². The number of hydrogen-bond acceptors (Lipinski definition) is 1. The molecule has 2 aromatic carbocycles. The molecule has 2 N–H and O–H groups in total. The highest BCUT2D eigenvalue weighted by Gasteiger charge is 2.43. The van der Waals surface area contributed by atoms with Crippen LogP contribution in [-0.2, 0) is 0 Å². The Balaban J connectivity index is 1.80. The molecule has 19 heavy (non-hydrogen) atoms. The molecular weight excluding hydrogens is 298 g/mol. The number of rotatable bonds is 3.